The molecule has 0 fully saturated rings. The topological polar surface area (TPSA) is 35.5 Å². The lowest BCUT2D eigenvalue weighted by atomic mass is 10.2. The molecule has 16 heavy (non-hydrogen) atoms. The van der Waals surface area contributed by atoms with Crippen molar-refractivity contribution < 1.29 is 23.0 Å². The second-order valence-electron chi connectivity index (χ2n) is 2.64. The number of alkyl halides is 2. The Kier molecular flexibility index (Phi) is 4.32. The summed E-state index contributed by atoms with van der Waals surface area (Å²) >= 11 is 11.3. The minimum absolute atomic E-state index is 0.0692. The Hall–Kier alpha value is -1.07. The number of carbonyl (C=O) groups excluding carboxylic acids is 1. The average molecular weight is 271 g/mol. The van der Waals surface area contributed by atoms with Gasteiger partial charge in [-0.15, -0.1) is 0 Å². The lowest BCUT2D eigenvalue weighted by molar-refractivity contribution is -0.0499. The van der Waals surface area contributed by atoms with Crippen LogP contribution in [0.5, 0.6) is 5.75 Å². The Morgan fingerprint density at radius 3 is 2.50 bits per heavy atom. The number of esters is 1. The molecule has 0 radical (unpaired) electrons. The molecule has 0 saturated heterocycles. The molecule has 0 aliphatic rings. The van der Waals surface area contributed by atoms with Crippen LogP contribution < -0.4 is 4.74 Å². The zero-order valence-electron chi connectivity index (χ0n) is 7.97. The Morgan fingerprint density at radius 2 is 2.00 bits per heavy atom. The number of ether oxygens (including phenoxy) is 2. The number of hydrogen-bond donors (Lipinski definition) is 0. The van der Waals surface area contributed by atoms with E-state index in [9.17, 15) is 13.6 Å². The van der Waals surface area contributed by atoms with Gasteiger partial charge in [0.15, 0.2) is 0 Å². The number of hydrogen-bond acceptors (Lipinski definition) is 3. The van der Waals surface area contributed by atoms with Gasteiger partial charge in [-0.05, 0) is 6.07 Å². The van der Waals surface area contributed by atoms with Crippen molar-refractivity contribution in [2.24, 2.45) is 0 Å². The van der Waals surface area contributed by atoms with Crippen molar-refractivity contribution in [1.29, 1.82) is 0 Å². The van der Waals surface area contributed by atoms with E-state index >= 15 is 0 Å². The minimum Gasteiger partial charge on any atom is -0.465 e. The Labute approximate surface area is 99.9 Å². The van der Waals surface area contributed by atoms with Crippen molar-refractivity contribution in [2.45, 2.75) is 6.61 Å². The van der Waals surface area contributed by atoms with E-state index in [2.05, 4.69) is 9.47 Å². The lowest BCUT2D eigenvalue weighted by Crippen LogP contribution is -2.06. The predicted molar refractivity (Wildman–Crippen MR) is 54.4 cm³/mol. The zero-order chi connectivity index (χ0) is 12.3. The summed E-state index contributed by atoms with van der Waals surface area (Å²) in [7, 11) is 1.13. The monoisotopic (exact) mass is 270 g/mol. The van der Waals surface area contributed by atoms with E-state index in [1.807, 2.05) is 0 Å². The highest BCUT2D eigenvalue weighted by molar-refractivity contribution is 6.43. The van der Waals surface area contributed by atoms with Gasteiger partial charge in [-0.1, -0.05) is 23.2 Å². The number of benzene rings is 1. The van der Waals surface area contributed by atoms with Gasteiger partial charge in [-0.3, -0.25) is 0 Å². The van der Waals surface area contributed by atoms with Crippen molar-refractivity contribution in [3.8, 4) is 5.75 Å². The van der Waals surface area contributed by atoms with Gasteiger partial charge in [0, 0.05) is 6.07 Å². The van der Waals surface area contributed by atoms with Crippen LogP contribution in [0, 0.1) is 0 Å². The highest BCUT2D eigenvalue weighted by Gasteiger charge is 2.17. The minimum atomic E-state index is -3.01. The fraction of sp³-hybridized carbons (Fsp3) is 0.222. The van der Waals surface area contributed by atoms with E-state index in [1.165, 1.54) is 0 Å². The maximum Gasteiger partial charge on any atom is 0.387 e. The Morgan fingerprint density at radius 1 is 1.38 bits per heavy atom. The summed E-state index contributed by atoms with van der Waals surface area (Å²) < 4.78 is 32.4. The number of methoxy groups -OCH3 is 1. The average Bonchev–Trinajstić information content (AvgIpc) is 2.21. The van der Waals surface area contributed by atoms with Gasteiger partial charge in [0.05, 0.1) is 22.7 Å². The molecule has 0 unspecified atom stereocenters. The standard InChI is InChI=1S/C9H6Cl2F2O3/c1-15-8(14)5-2-4(16-9(12)13)3-6(10)7(5)11/h2-3,9H,1H3. The summed E-state index contributed by atoms with van der Waals surface area (Å²) in [5, 5.41) is -0.143. The molecule has 0 bridgehead atoms. The first-order chi connectivity index (χ1) is 7.45. The molecular formula is C9H6Cl2F2O3. The molecule has 88 valence electrons. The van der Waals surface area contributed by atoms with Crippen LogP contribution in [0.15, 0.2) is 12.1 Å². The van der Waals surface area contributed by atoms with E-state index in [-0.39, 0.29) is 21.4 Å². The van der Waals surface area contributed by atoms with Gasteiger partial charge in [0.25, 0.3) is 0 Å². The summed E-state index contributed by atoms with van der Waals surface area (Å²) in [6.45, 7) is -3.01. The van der Waals surface area contributed by atoms with E-state index in [1.54, 1.807) is 0 Å². The third-order valence-corrected chi connectivity index (χ3v) is 2.43. The largest absolute Gasteiger partial charge is 0.465 e. The van der Waals surface area contributed by atoms with Crippen LogP contribution in [0.1, 0.15) is 10.4 Å². The van der Waals surface area contributed by atoms with Crippen molar-refractivity contribution >= 4 is 29.2 Å². The normalized spacial score (nSPS) is 10.4. The third-order valence-electron chi connectivity index (χ3n) is 1.63. The fourth-order valence-corrected chi connectivity index (χ4v) is 1.39. The molecule has 0 spiro atoms. The van der Waals surface area contributed by atoms with Crippen LogP contribution >= 0.6 is 23.2 Å². The summed E-state index contributed by atoms with van der Waals surface area (Å²) in [6, 6.07) is 2.12. The van der Waals surface area contributed by atoms with Crippen LogP contribution in [0.3, 0.4) is 0 Å². The summed E-state index contributed by atoms with van der Waals surface area (Å²) in [5.41, 5.74) is -0.132. The molecule has 0 aromatic heterocycles. The molecule has 0 atom stereocenters. The van der Waals surface area contributed by atoms with E-state index < -0.39 is 12.6 Å². The second kappa shape index (κ2) is 5.32. The number of halogens is 4. The van der Waals surface area contributed by atoms with E-state index in [0.29, 0.717) is 0 Å². The Bertz CT molecular complexity index is 410. The first kappa shape index (κ1) is 13.0. The van der Waals surface area contributed by atoms with E-state index in [4.69, 9.17) is 23.2 Å². The van der Waals surface area contributed by atoms with Crippen LogP contribution in [0.2, 0.25) is 10.0 Å². The highest BCUT2D eigenvalue weighted by atomic mass is 35.5. The molecule has 0 heterocycles. The quantitative estimate of drug-likeness (QED) is 0.790. The Balaban J connectivity index is 3.16. The van der Waals surface area contributed by atoms with Gasteiger partial charge < -0.3 is 9.47 Å². The second-order valence-corrected chi connectivity index (χ2v) is 3.42. The SMILES string of the molecule is COC(=O)c1cc(OC(F)F)cc(Cl)c1Cl. The number of rotatable bonds is 3. The van der Waals surface area contributed by atoms with Crippen LogP contribution in [-0.2, 0) is 4.74 Å². The van der Waals surface area contributed by atoms with Crippen molar-refractivity contribution in [1.82, 2.24) is 0 Å². The molecule has 1 aromatic rings. The molecule has 0 aliphatic carbocycles. The number of carbonyl (C=O) groups is 1. The van der Waals surface area contributed by atoms with Crippen molar-refractivity contribution in [3.05, 3.63) is 27.7 Å². The molecule has 7 heteroatoms. The highest BCUT2D eigenvalue weighted by Crippen LogP contribution is 2.32. The van der Waals surface area contributed by atoms with E-state index in [0.717, 1.165) is 19.2 Å². The lowest BCUT2D eigenvalue weighted by Gasteiger charge is -2.09. The predicted octanol–water partition coefficient (Wildman–Crippen LogP) is 3.38. The van der Waals surface area contributed by atoms with Crippen LogP contribution in [-0.4, -0.2) is 19.7 Å². The molecule has 0 aliphatic heterocycles. The third kappa shape index (κ3) is 2.96. The van der Waals surface area contributed by atoms with Gasteiger partial charge in [-0.2, -0.15) is 8.78 Å². The smallest absolute Gasteiger partial charge is 0.387 e. The molecule has 3 nitrogen and oxygen atoms in total. The van der Waals surface area contributed by atoms with Crippen LogP contribution in [0.25, 0.3) is 0 Å². The maximum absolute atomic E-state index is 12.0. The molecule has 1 rings (SSSR count). The van der Waals surface area contributed by atoms with Crippen molar-refractivity contribution in [2.75, 3.05) is 7.11 Å². The van der Waals surface area contributed by atoms with Crippen LogP contribution in [0.4, 0.5) is 8.78 Å². The molecule has 0 saturated carbocycles. The van der Waals surface area contributed by atoms with Crippen molar-refractivity contribution in [3.63, 3.8) is 0 Å². The van der Waals surface area contributed by atoms with Gasteiger partial charge >= 0.3 is 12.6 Å². The fourth-order valence-electron chi connectivity index (χ4n) is 0.994. The van der Waals surface area contributed by atoms with Gasteiger partial charge in [0.2, 0.25) is 0 Å². The summed E-state index contributed by atoms with van der Waals surface area (Å²) in [6.07, 6.45) is 0. The first-order valence-electron chi connectivity index (χ1n) is 3.98. The summed E-state index contributed by atoms with van der Waals surface area (Å²) in [5.74, 6) is -1.04. The summed E-state index contributed by atoms with van der Waals surface area (Å²) in [4.78, 5) is 11.2. The molecule has 1 aromatic carbocycles. The zero-order valence-corrected chi connectivity index (χ0v) is 9.48. The molecule has 0 N–H and O–H groups in total. The van der Waals surface area contributed by atoms with Gasteiger partial charge in [-0.25, -0.2) is 4.79 Å². The maximum atomic E-state index is 12.0. The first-order valence-corrected chi connectivity index (χ1v) is 4.73. The molecule has 0 amide bonds. The van der Waals surface area contributed by atoms with Gasteiger partial charge in [0.1, 0.15) is 5.75 Å². The molecular weight excluding hydrogens is 265 g/mol.